The van der Waals surface area contributed by atoms with E-state index in [1.54, 1.807) is 12.1 Å². The molecule has 136 valence electrons. The Morgan fingerprint density at radius 1 is 1.40 bits per heavy atom. The monoisotopic (exact) mass is 349 g/mol. The minimum atomic E-state index is -0.585. The summed E-state index contributed by atoms with van der Waals surface area (Å²) in [7, 11) is 1.24. The average molecular weight is 349 g/mol. The van der Waals surface area contributed by atoms with Gasteiger partial charge in [0.2, 0.25) is 0 Å². The second kappa shape index (κ2) is 7.37. The molecule has 3 atom stereocenters. The maximum Gasteiger partial charge on any atom is 0.343 e. The first kappa shape index (κ1) is 17.6. The molecule has 2 aliphatic rings. The summed E-state index contributed by atoms with van der Waals surface area (Å²) < 4.78 is 9.68. The largest absolute Gasteiger partial charge is 0.475 e. The Morgan fingerprint density at radius 2 is 2.20 bits per heavy atom. The van der Waals surface area contributed by atoms with Crippen LogP contribution >= 0.6 is 0 Å². The van der Waals surface area contributed by atoms with E-state index in [1.807, 2.05) is 0 Å². The molecule has 1 aromatic rings. The fraction of sp³-hybridized carbons (Fsp3) is 0.588. The lowest BCUT2D eigenvalue weighted by molar-refractivity contribution is -0.385. The molecule has 3 rings (SSSR count). The zero-order valence-electron chi connectivity index (χ0n) is 14.2. The smallest absolute Gasteiger partial charge is 0.343 e. The number of benzene rings is 1. The van der Waals surface area contributed by atoms with E-state index in [0.717, 1.165) is 25.1 Å². The fourth-order valence-corrected chi connectivity index (χ4v) is 3.91. The maximum absolute atomic E-state index is 11.3. The molecule has 0 spiro atoms. The average Bonchev–Trinajstić information content (AvgIpc) is 3.14. The summed E-state index contributed by atoms with van der Waals surface area (Å²) in [6, 6.07) is 5.13. The minimum absolute atomic E-state index is 0.0689. The Bertz CT molecular complexity index is 666. The van der Waals surface area contributed by atoms with Crippen LogP contribution in [0.15, 0.2) is 18.2 Å². The van der Waals surface area contributed by atoms with E-state index in [0.29, 0.717) is 18.4 Å². The van der Waals surface area contributed by atoms with Gasteiger partial charge in [0.1, 0.15) is 0 Å². The lowest BCUT2D eigenvalue weighted by atomic mass is 9.98. The molecule has 1 saturated heterocycles. The quantitative estimate of drug-likeness (QED) is 0.469. The number of nitrogens with two attached hydrogens (primary N) is 1. The van der Waals surface area contributed by atoms with Crippen molar-refractivity contribution in [2.24, 2.45) is 17.6 Å². The van der Waals surface area contributed by atoms with Gasteiger partial charge in [-0.05, 0) is 36.3 Å². The van der Waals surface area contributed by atoms with Crippen molar-refractivity contribution < 1.29 is 19.2 Å². The Hall–Kier alpha value is -2.19. The SMILES string of the molecule is COC(=O)COc1ccc(CN2CC3CCC(N)C3C2)cc1[N+](=O)[O-]. The molecule has 2 N–H and O–H groups in total. The van der Waals surface area contributed by atoms with Crippen LogP contribution in [0, 0.1) is 22.0 Å². The number of carbonyl (C=O) groups is 1. The molecule has 2 fully saturated rings. The molecule has 8 heteroatoms. The van der Waals surface area contributed by atoms with E-state index in [2.05, 4.69) is 9.64 Å². The predicted molar refractivity (Wildman–Crippen MR) is 90.1 cm³/mol. The van der Waals surface area contributed by atoms with Crippen LogP contribution in [0.25, 0.3) is 0 Å². The molecule has 1 aliphatic heterocycles. The zero-order valence-corrected chi connectivity index (χ0v) is 14.2. The second-order valence-corrected chi connectivity index (χ2v) is 6.78. The van der Waals surface area contributed by atoms with Crippen LogP contribution in [-0.4, -0.2) is 48.6 Å². The van der Waals surface area contributed by atoms with Gasteiger partial charge >= 0.3 is 11.7 Å². The number of nitrogens with zero attached hydrogens (tertiary/aromatic N) is 2. The highest BCUT2D eigenvalue weighted by molar-refractivity contribution is 5.71. The van der Waals surface area contributed by atoms with Crippen LogP contribution in [0.3, 0.4) is 0 Å². The molecule has 1 aromatic carbocycles. The van der Waals surface area contributed by atoms with Gasteiger partial charge in [0.15, 0.2) is 12.4 Å². The number of rotatable bonds is 6. The molecule has 0 aromatic heterocycles. The number of ether oxygens (including phenoxy) is 2. The van der Waals surface area contributed by atoms with Crippen molar-refractivity contribution in [2.45, 2.75) is 25.4 Å². The molecular formula is C17H23N3O5. The van der Waals surface area contributed by atoms with Gasteiger partial charge < -0.3 is 15.2 Å². The van der Waals surface area contributed by atoms with Gasteiger partial charge in [-0.1, -0.05) is 6.07 Å². The van der Waals surface area contributed by atoms with Crippen LogP contribution < -0.4 is 10.5 Å². The molecule has 3 unspecified atom stereocenters. The normalized spacial score (nSPS) is 25.6. The van der Waals surface area contributed by atoms with Gasteiger partial charge in [0.05, 0.1) is 12.0 Å². The molecule has 8 nitrogen and oxygen atoms in total. The number of hydrogen-bond donors (Lipinski definition) is 1. The first-order chi connectivity index (χ1) is 12.0. The molecular weight excluding hydrogens is 326 g/mol. The number of esters is 1. The number of carbonyl (C=O) groups excluding carboxylic acids is 1. The number of nitro groups is 1. The highest BCUT2D eigenvalue weighted by Gasteiger charge is 2.40. The molecule has 0 radical (unpaired) electrons. The minimum Gasteiger partial charge on any atom is -0.475 e. The van der Waals surface area contributed by atoms with Crippen LogP contribution in [-0.2, 0) is 16.1 Å². The van der Waals surface area contributed by atoms with Crippen molar-refractivity contribution >= 4 is 11.7 Å². The van der Waals surface area contributed by atoms with Crippen molar-refractivity contribution in [3.63, 3.8) is 0 Å². The fourth-order valence-electron chi connectivity index (χ4n) is 3.91. The van der Waals surface area contributed by atoms with Gasteiger partial charge in [0, 0.05) is 31.7 Å². The summed E-state index contributed by atoms with van der Waals surface area (Å²) >= 11 is 0. The topological polar surface area (TPSA) is 108 Å². The van der Waals surface area contributed by atoms with Crippen molar-refractivity contribution in [1.82, 2.24) is 4.90 Å². The van der Waals surface area contributed by atoms with Crippen LogP contribution in [0.2, 0.25) is 0 Å². The third-order valence-corrected chi connectivity index (χ3v) is 5.19. The van der Waals surface area contributed by atoms with Crippen LogP contribution in [0.1, 0.15) is 18.4 Å². The summed E-state index contributed by atoms with van der Waals surface area (Å²) in [5, 5.41) is 11.3. The van der Waals surface area contributed by atoms with Gasteiger partial charge in [-0.2, -0.15) is 0 Å². The second-order valence-electron chi connectivity index (χ2n) is 6.78. The van der Waals surface area contributed by atoms with Crippen molar-refractivity contribution in [3.8, 4) is 5.75 Å². The Labute approximate surface area is 146 Å². The van der Waals surface area contributed by atoms with Crippen molar-refractivity contribution in [2.75, 3.05) is 26.8 Å². The summed E-state index contributed by atoms with van der Waals surface area (Å²) in [4.78, 5) is 24.3. The highest BCUT2D eigenvalue weighted by atomic mass is 16.6. The van der Waals surface area contributed by atoms with E-state index < -0.39 is 10.9 Å². The first-order valence-corrected chi connectivity index (χ1v) is 8.42. The van der Waals surface area contributed by atoms with E-state index in [-0.39, 0.29) is 24.1 Å². The summed E-state index contributed by atoms with van der Waals surface area (Å²) in [6.45, 7) is 2.23. The van der Waals surface area contributed by atoms with Crippen molar-refractivity contribution in [1.29, 1.82) is 0 Å². The third kappa shape index (κ3) is 3.91. The molecule has 1 heterocycles. The van der Waals surface area contributed by atoms with Crippen LogP contribution in [0.4, 0.5) is 5.69 Å². The number of likely N-dealkylation sites (tertiary alicyclic amines) is 1. The standard InChI is InChI=1S/C17H23N3O5/c1-24-17(21)10-25-16-5-2-11(6-15(16)20(22)23)7-19-8-12-3-4-14(18)13(12)9-19/h2,5-6,12-14H,3-4,7-10,18H2,1H3. The summed E-state index contributed by atoms with van der Waals surface area (Å²) in [5.41, 5.74) is 6.87. The van der Waals surface area contributed by atoms with E-state index in [9.17, 15) is 14.9 Å². The van der Waals surface area contributed by atoms with Gasteiger partial charge in [-0.3, -0.25) is 15.0 Å². The van der Waals surface area contributed by atoms with E-state index in [1.165, 1.54) is 19.6 Å². The van der Waals surface area contributed by atoms with E-state index in [4.69, 9.17) is 10.5 Å². The summed E-state index contributed by atoms with van der Waals surface area (Å²) in [6.07, 6.45) is 2.27. The summed E-state index contributed by atoms with van der Waals surface area (Å²) in [5.74, 6) is 0.670. The zero-order chi connectivity index (χ0) is 18.0. The van der Waals surface area contributed by atoms with Gasteiger partial charge in [-0.15, -0.1) is 0 Å². The molecule has 1 saturated carbocycles. The maximum atomic E-state index is 11.3. The molecule has 1 aliphatic carbocycles. The van der Waals surface area contributed by atoms with Crippen LogP contribution in [0.5, 0.6) is 5.75 Å². The highest BCUT2D eigenvalue weighted by Crippen LogP contribution is 2.38. The number of hydrogen-bond acceptors (Lipinski definition) is 7. The van der Waals surface area contributed by atoms with E-state index >= 15 is 0 Å². The molecule has 0 bridgehead atoms. The first-order valence-electron chi connectivity index (χ1n) is 8.42. The molecule has 25 heavy (non-hydrogen) atoms. The third-order valence-electron chi connectivity index (χ3n) is 5.19. The number of fused-ring (bicyclic) bond motifs is 1. The predicted octanol–water partition coefficient (Wildman–Crippen LogP) is 1.32. The Morgan fingerprint density at radius 3 is 2.88 bits per heavy atom. The van der Waals surface area contributed by atoms with Gasteiger partial charge in [-0.25, -0.2) is 4.79 Å². The number of nitro benzene ring substituents is 1. The van der Waals surface area contributed by atoms with Crippen molar-refractivity contribution in [3.05, 3.63) is 33.9 Å². The lowest BCUT2D eigenvalue weighted by Crippen LogP contribution is -2.30. The Kier molecular flexibility index (Phi) is 5.19. The van der Waals surface area contributed by atoms with Gasteiger partial charge in [0.25, 0.3) is 0 Å². The molecule has 0 amide bonds. The number of methoxy groups -OCH3 is 1. The lowest BCUT2D eigenvalue weighted by Gasteiger charge is -2.18. The Balaban J connectivity index is 1.67.